The van der Waals surface area contributed by atoms with Crippen molar-refractivity contribution in [2.75, 3.05) is 0 Å². The monoisotopic (exact) mass is 156 g/mol. The summed E-state index contributed by atoms with van der Waals surface area (Å²) in [6.45, 7) is 2.05. The molecular weight excluding hydrogens is 142 g/mol. The lowest BCUT2D eigenvalue weighted by atomic mass is 10.1. The van der Waals surface area contributed by atoms with Crippen LogP contribution in [0.4, 0.5) is 0 Å². The average Bonchev–Trinajstić information content (AvgIpc) is 2.03. The Kier molecular flexibility index (Phi) is 5.43. The number of Topliss-reactive ketones (excluding diaryl/α,β-unsaturated/α-hetero) is 1. The molecule has 3 nitrogen and oxygen atoms in total. The van der Waals surface area contributed by atoms with Gasteiger partial charge >= 0.3 is 0 Å². The van der Waals surface area contributed by atoms with Gasteiger partial charge in [-0.1, -0.05) is 19.8 Å². The van der Waals surface area contributed by atoms with Crippen LogP contribution in [-0.2, 0) is 9.59 Å². The van der Waals surface area contributed by atoms with E-state index in [9.17, 15) is 9.59 Å². The molecule has 0 bridgehead atoms. The zero-order valence-corrected chi connectivity index (χ0v) is 6.85. The number of amides is 1. The maximum Gasteiger partial charge on any atom is 0.287 e. The molecule has 1 amide bonds. The van der Waals surface area contributed by atoms with Crippen LogP contribution in [0.3, 0.4) is 0 Å². The standard InChI is InChI=1S/C8H14NO2/c1-3-4-5-6-7(10)8(11)9-2/h2-6H2,1H3,(H,9,11). The second kappa shape index (κ2) is 5.89. The third-order valence-corrected chi connectivity index (χ3v) is 1.42. The molecule has 0 aliphatic rings. The zero-order valence-electron chi connectivity index (χ0n) is 6.85. The average molecular weight is 156 g/mol. The van der Waals surface area contributed by atoms with Gasteiger partial charge < -0.3 is 5.32 Å². The molecule has 0 saturated carbocycles. The van der Waals surface area contributed by atoms with Crippen molar-refractivity contribution in [3.05, 3.63) is 7.05 Å². The van der Waals surface area contributed by atoms with Gasteiger partial charge in [-0.2, -0.15) is 0 Å². The van der Waals surface area contributed by atoms with Crippen molar-refractivity contribution >= 4 is 11.7 Å². The summed E-state index contributed by atoms with van der Waals surface area (Å²) < 4.78 is 0. The van der Waals surface area contributed by atoms with Crippen LogP contribution >= 0.6 is 0 Å². The van der Waals surface area contributed by atoms with E-state index in [0.717, 1.165) is 19.3 Å². The minimum absolute atomic E-state index is 0.342. The minimum Gasteiger partial charge on any atom is -0.348 e. The number of ketones is 1. The van der Waals surface area contributed by atoms with Gasteiger partial charge in [0.2, 0.25) is 5.78 Å². The molecule has 0 atom stereocenters. The summed E-state index contributed by atoms with van der Waals surface area (Å²) in [7, 11) is 3.11. The molecule has 3 heteroatoms. The van der Waals surface area contributed by atoms with Crippen LogP contribution in [-0.4, -0.2) is 11.7 Å². The van der Waals surface area contributed by atoms with E-state index in [4.69, 9.17) is 0 Å². The quantitative estimate of drug-likeness (QED) is 0.477. The van der Waals surface area contributed by atoms with E-state index < -0.39 is 5.91 Å². The summed E-state index contributed by atoms with van der Waals surface area (Å²) >= 11 is 0. The molecule has 1 radical (unpaired) electrons. The molecule has 11 heavy (non-hydrogen) atoms. The van der Waals surface area contributed by atoms with Crippen molar-refractivity contribution in [3.63, 3.8) is 0 Å². The van der Waals surface area contributed by atoms with Gasteiger partial charge in [-0.15, -0.1) is 0 Å². The van der Waals surface area contributed by atoms with Crippen LogP contribution < -0.4 is 5.32 Å². The molecule has 1 N–H and O–H groups in total. The Morgan fingerprint density at radius 2 is 2.00 bits per heavy atom. The maximum absolute atomic E-state index is 10.8. The summed E-state index contributed by atoms with van der Waals surface area (Å²) in [5.41, 5.74) is 0. The van der Waals surface area contributed by atoms with Gasteiger partial charge in [0, 0.05) is 13.5 Å². The molecule has 0 saturated heterocycles. The number of rotatable bonds is 5. The van der Waals surface area contributed by atoms with Crippen molar-refractivity contribution in [2.45, 2.75) is 32.6 Å². The van der Waals surface area contributed by atoms with Gasteiger partial charge in [0.25, 0.3) is 5.91 Å². The van der Waals surface area contributed by atoms with Crippen LogP contribution in [0.2, 0.25) is 0 Å². The first-order valence-corrected chi connectivity index (χ1v) is 3.82. The lowest BCUT2D eigenvalue weighted by Gasteiger charge is -1.96. The van der Waals surface area contributed by atoms with Gasteiger partial charge in [-0.3, -0.25) is 9.59 Å². The lowest BCUT2D eigenvalue weighted by molar-refractivity contribution is -0.137. The maximum atomic E-state index is 10.8. The molecule has 0 fully saturated rings. The Morgan fingerprint density at radius 3 is 2.45 bits per heavy atom. The molecule has 63 valence electrons. The Labute approximate surface area is 67.2 Å². The Hall–Kier alpha value is -0.860. The summed E-state index contributed by atoms with van der Waals surface area (Å²) in [6.07, 6.45) is 3.19. The molecule has 0 aliphatic carbocycles. The van der Waals surface area contributed by atoms with Crippen molar-refractivity contribution in [1.29, 1.82) is 0 Å². The van der Waals surface area contributed by atoms with Crippen LogP contribution in [0.15, 0.2) is 0 Å². The molecule has 0 spiro atoms. The fraction of sp³-hybridized carbons (Fsp3) is 0.625. The number of carbonyl (C=O) groups is 2. The third-order valence-electron chi connectivity index (χ3n) is 1.42. The fourth-order valence-corrected chi connectivity index (χ4v) is 0.748. The van der Waals surface area contributed by atoms with Gasteiger partial charge in [0.1, 0.15) is 0 Å². The van der Waals surface area contributed by atoms with Gasteiger partial charge in [-0.05, 0) is 6.42 Å². The SMILES string of the molecule is [CH2]NC(=O)C(=O)CCCCC. The van der Waals surface area contributed by atoms with E-state index in [1.54, 1.807) is 0 Å². The van der Waals surface area contributed by atoms with E-state index in [1.165, 1.54) is 0 Å². The van der Waals surface area contributed by atoms with E-state index >= 15 is 0 Å². The Morgan fingerprint density at radius 1 is 1.36 bits per heavy atom. The van der Waals surface area contributed by atoms with Crippen LogP contribution in [0.1, 0.15) is 32.6 Å². The molecule has 0 rings (SSSR count). The van der Waals surface area contributed by atoms with E-state index in [-0.39, 0.29) is 5.78 Å². The first kappa shape index (κ1) is 10.1. The number of unbranched alkanes of at least 4 members (excludes halogenated alkanes) is 2. The largest absolute Gasteiger partial charge is 0.348 e. The summed E-state index contributed by atoms with van der Waals surface area (Å²) in [4.78, 5) is 21.4. The summed E-state index contributed by atoms with van der Waals surface area (Å²) in [6, 6.07) is 0. The van der Waals surface area contributed by atoms with E-state index in [0.29, 0.717) is 6.42 Å². The van der Waals surface area contributed by atoms with Crippen molar-refractivity contribution < 1.29 is 9.59 Å². The molecule has 0 aromatic carbocycles. The predicted octanol–water partition coefficient (Wildman–Crippen LogP) is 1.04. The highest BCUT2D eigenvalue weighted by atomic mass is 16.2. The summed E-state index contributed by atoms with van der Waals surface area (Å²) in [5.74, 6) is -0.949. The van der Waals surface area contributed by atoms with Crippen molar-refractivity contribution in [2.24, 2.45) is 0 Å². The topological polar surface area (TPSA) is 46.2 Å². The minimum atomic E-state index is -0.582. The number of hydrogen-bond donors (Lipinski definition) is 1. The zero-order chi connectivity index (χ0) is 8.69. The first-order chi connectivity index (χ1) is 5.22. The van der Waals surface area contributed by atoms with Gasteiger partial charge in [0.15, 0.2) is 0 Å². The number of nitrogens with one attached hydrogen (secondary N) is 1. The molecule has 0 aromatic rings. The highest BCUT2D eigenvalue weighted by Gasteiger charge is 2.09. The molecule has 0 heterocycles. The van der Waals surface area contributed by atoms with Gasteiger partial charge in [0.05, 0.1) is 0 Å². The smallest absolute Gasteiger partial charge is 0.287 e. The normalized spacial score (nSPS) is 9.27. The van der Waals surface area contributed by atoms with E-state index in [2.05, 4.69) is 12.4 Å². The Balaban J connectivity index is 3.44. The first-order valence-electron chi connectivity index (χ1n) is 3.82. The second-order valence-corrected chi connectivity index (χ2v) is 2.39. The molecular formula is C8H14NO2. The van der Waals surface area contributed by atoms with Crippen molar-refractivity contribution in [1.82, 2.24) is 5.32 Å². The van der Waals surface area contributed by atoms with Gasteiger partial charge in [-0.25, -0.2) is 0 Å². The van der Waals surface area contributed by atoms with Crippen LogP contribution in [0, 0.1) is 7.05 Å². The van der Waals surface area contributed by atoms with Crippen LogP contribution in [0.25, 0.3) is 0 Å². The highest BCUT2D eigenvalue weighted by Crippen LogP contribution is 1.99. The van der Waals surface area contributed by atoms with E-state index in [1.807, 2.05) is 6.92 Å². The summed E-state index contributed by atoms with van der Waals surface area (Å²) in [5, 5.41) is 2.05. The molecule has 0 aliphatic heterocycles. The van der Waals surface area contributed by atoms with Crippen LogP contribution in [0.5, 0.6) is 0 Å². The van der Waals surface area contributed by atoms with Crippen molar-refractivity contribution in [3.8, 4) is 0 Å². The third kappa shape index (κ3) is 4.53. The Bertz CT molecular complexity index is 143. The number of carbonyl (C=O) groups excluding carboxylic acids is 2. The second-order valence-electron chi connectivity index (χ2n) is 2.39. The fourth-order valence-electron chi connectivity index (χ4n) is 0.748. The molecule has 0 unspecified atom stereocenters. The highest BCUT2D eigenvalue weighted by molar-refractivity contribution is 6.36. The number of hydrogen-bond acceptors (Lipinski definition) is 2. The molecule has 0 aromatic heterocycles. The predicted molar refractivity (Wildman–Crippen MR) is 42.6 cm³/mol. The lowest BCUT2D eigenvalue weighted by Crippen LogP contribution is -2.25.